The predicted octanol–water partition coefficient (Wildman–Crippen LogP) is 7.99. The highest BCUT2D eigenvalue weighted by atomic mass is 35.5. The van der Waals surface area contributed by atoms with Gasteiger partial charge in [0.05, 0.1) is 17.2 Å². The molecule has 0 spiro atoms. The molecule has 0 aliphatic rings. The van der Waals surface area contributed by atoms with Gasteiger partial charge in [0.1, 0.15) is 17.2 Å². The van der Waals surface area contributed by atoms with Crippen molar-refractivity contribution >= 4 is 17.5 Å². The lowest BCUT2D eigenvalue weighted by Crippen LogP contribution is -2.38. The molecule has 4 aromatic carbocycles. The first-order chi connectivity index (χ1) is 21.6. The third-order valence-electron chi connectivity index (χ3n) is 8.15. The Kier molecular flexibility index (Phi) is 12.3. The van der Waals surface area contributed by atoms with Crippen LogP contribution >= 0.6 is 11.6 Å². The van der Waals surface area contributed by atoms with Gasteiger partial charge < -0.3 is 20.3 Å². The average Bonchev–Trinajstić information content (AvgIpc) is 3.01. The number of hydrogen-bond donors (Lipinski definition) is 3. The Balaban J connectivity index is 1.33. The number of phenols is 2. The van der Waals surface area contributed by atoms with Crippen molar-refractivity contribution in [2.24, 2.45) is 0 Å². The highest BCUT2D eigenvalue weighted by molar-refractivity contribution is 6.34. The van der Waals surface area contributed by atoms with Crippen LogP contribution in [0.15, 0.2) is 91.0 Å². The smallest absolute Gasteiger partial charge is 0.252 e. The van der Waals surface area contributed by atoms with Crippen molar-refractivity contribution in [2.45, 2.75) is 65.0 Å². The summed E-state index contributed by atoms with van der Waals surface area (Å²) in [6.45, 7) is 10.9. The maximum Gasteiger partial charge on any atom is 0.252 e. The first-order valence-corrected chi connectivity index (χ1v) is 16.1. The van der Waals surface area contributed by atoms with Crippen molar-refractivity contribution in [3.63, 3.8) is 0 Å². The maximum absolute atomic E-state index is 12.4. The summed E-state index contributed by atoms with van der Waals surface area (Å²) in [6.07, 6.45) is 2.29. The number of nitrogens with zero attached hydrogens (tertiary/aromatic N) is 1. The summed E-state index contributed by atoms with van der Waals surface area (Å²) in [5.41, 5.74) is 4.68. The maximum atomic E-state index is 12.4. The number of benzene rings is 4. The topological polar surface area (TPSA) is 82.0 Å². The third kappa shape index (κ3) is 9.74. The van der Waals surface area contributed by atoms with Gasteiger partial charge in [0, 0.05) is 36.5 Å². The van der Waals surface area contributed by atoms with Gasteiger partial charge in [-0.1, -0.05) is 66.2 Å². The number of nitrogens with one attached hydrogen (secondary N) is 1. The van der Waals surface area contributed by atoms with E-state index in [4.69, 9.17) is 16.3 Å². The number of rotatable bonds is 15. The molecule has 7 heteroatoms. The van der Waals surface area contributed by atoms with Gasteiger partial charge in [-0.2, -0.15) is 0 Å². The molecule has 0 radical (unpaired) electrons. The Labute approximate surface area is 272 Å². The van der Waals surface area contributed by atoms with Crippen molar-refractivity contribution < 1.29 is 19.7 Å². The van der Waals surface area contributed by atoms with E-state index in [0.717, 1.165) is 35.4 Å². The number of carbonyl (C=O) groups is 1. The standard InChI is InChI=1S/C38H45ClN2O4/c1-26(2)41(27(3)4)22-19-33(30-8-6-5-7-9-30)35-24-29(12-17-37(35)43)20-23-45-32-14-10-28(11-15-32)18-21-40-38(44)34-16-13-31(42)25-36(34)39/h5-17,24-27,33,42-43H,18-23H2,1-4H3,(H,40,44)/t33-/m1/s1. The minimum atomic E-state index is -0.277. The summed E-state index contributed by atoms with van der Waals surface area (Å²) < 4.78 is 6.06. The summed E-state index contributed by atoms with van der Waals surface area (Å²) in [5.74, 6) is 0.937. The fourth-order valence-electron chi connectivity index (χ4n) is 5.76. The van der Waals surface area contributed by atoms with E-state index in [2.05, 4.69) is 68.2 Å². The largest absolute Gasteiger partial charge is 0.508 e. The van der Waals surface area contributed by atoms with Crippen LogP contribution in [0.3, 0.4) is 0 Å². The molecule has 0 heterocycles. The van der Waals surface area contributed by atoms with E-state index >= 15 is 0 Å². The number of amides is 1. The molecule has 0 fully saturated rings. The van der Waals surface area contributed by atoms with E-state index in [9.17, 15) is 15.0 Å². The summed E-state index contributed by atoms with van der Waals surface area (Å²) in [5, 5.41) is 23.5. The third-order valence-corrected chi connectivity index (χ3v) is 8.46. The van der Waals surface area contributed by atoms with Crippen LogP contribution in [0.4, 0.5) is 0 Å². The van der Waals surface area contributed by atoms with E-state index in [1.54, 1.807) is 0 Å². The molecule has 4 rings (SSSR count). The Morgan fingerprint density at radius 3 is 2.20 bits per heavy atom. The quantitative estimate of drug-likeness (QED) is 0.124. The number of ether oxygens (including phenoxy) is 1. The fourth-order valence-corrected chi connectivity index (χ4v) is 6.02. The highest BCUT2D eigenvalue weighted by Gasteiger charge is 2.22. The molecule has 0 saturated carbocycles. The van der Waals surface area contributed by atoms with E-state index in [0.29, 0.717) is 49.4 Å². The zero-order chi connectivity index (χ0) is 32.3. The highest BCUT2D eigenvalue weighted by Crippen LogP contribution is 2.35. The van der Waals surface area contributed by atoms with Crippen molar-refractivity contribution in [3.05, 3.63) is 124 Å². The molecule has 0 aromatic heterocycles. The normalized spacial score (nSPS) is 12.1. The number of halogens is 1. The number of aromatic hydroxyl groups is 2. The second kappa shape index (κ2) is 16.4. The van der Waals surface area contributed by atoms with Crippen LogP contribution < -0.4 is 10.1 Å². The SMILES string of the molecule is CC(C)N(CC[C@H](c1ccccc1)c1cc(CCOc2ccc(CCNC(=O)c3ccc(O)cc3Cl)cc2)ccc1O)C(C)C. The van der Waals surface area contributed by atoms with Crippen LogP contribution in [0, 0.1) is 0 Å². The van der Waals surface area contributed by atoms with Crippen molar-refractivity contribution in [2.75, 3.05) is 19.7 Å². The zero-order valence-corrected chi connectivity index (χ0v) is 27.4. The molecule has 1 amide bonds. The van der Waals surface area contributed by atoms with Gasteiger partial charge in [-0.3, -0.25) is 9.69 Å². The first-order valence-electron chi connectivity index (χ1n) is 15.7. The molecule has 0 unspecified atom stereocenters. The Hall–Kier alpha value is -4.00. The van der Waals surface area contributed by atoms with Gasteiger partial charge in [-0.25, -0.2) is 0 Å². The minimum absolute atomic E-state index is 0.0224. The lowest BCUT2D eigenvalue weighted by Gasteiger charge is -2.32. The second-order valence-corrected chi connectivity index (χ2v) is 12.4. The van der Waals surface area contributed by atoms with E-state index in [-0.39, 0.29) is 22.6 Å². The minimum Gasteiger partial charge on any atom is -0.508 e. The molecule has 0 saturated heterocycles. The van der Waals surface area contributed by atoms with Crippen molar-refractivity contribution in [1.29, 1.82) is 0 Å². The van der Waals surface area contributed by atoms with Crippen LogP contribution in [0.5, 0.6) is 17.2 Å². The number of hydrogen-bond acceptors (Lipinski definition) is 5. The van der Waals surface area contributed by atoms with E-state index in [1.807, 2.05) is 42.5 Å². The Bertz CT molecular complexity index is 1520. The van der Waals surface area contributed by atoms with Crippen LogP contribution in [-0.4, -0.2) is 52.8 Å². The molecule has 238 valence electrons. The molecule has 0 aliphatic carbocycles. The van der Waals surface area contributed by atoms with Crippen LogP contribution in [-0.2, 0) is 12.8 Å². The number of phenolic OH excluding ortho intramolecular Hbond substituents is 2. The molecule has 3 N–H and O–H groups in total. The molecular weight excluding hydrogens is 584 g/mol. The molecule has 4 aromatic rings. The Morgan fingerprint density at radius 1 is 0.844 bits per heavy atom. The molecule has 1 atom stereocenters. The molecule has 45 heavy (non-hydrogen) atoms. The van der Waals surface area contributed by atoms with Gasteiger partial charge in [0.25, 0.3) is 5.91 Å². The first kappa shape index (κ1) is 33.9. The van der Waals surface area contributed by atoms with Gasteiger partial charge in [0.15, 0.2) is 0 Å². The molecule has 6 nitrogen and oxygen atoms in total. The van der Waals surface area contributed by atoms with Gasteiger partial charge in [-0.15, -0.1) is 0 Å². The summed E-state index contributed by atoms with van der Waals surface area (Å²) in [6, 6.07) is 29.5. The second-order valence-electron chi connectivity index (χ2n) is 12.0. The summed E-state index contributed by atoms with van der Waals surface area (Å²) in [7, 11) is 0. The molecule has 0 bridgehead atoms. The van der Waals surface area contributed by atoms with E-state index in [1.165, 1.54) is 23.8 Å². The summed E-state index contributed by atoms with van der Waals surface area (Å²) >= 11 is 6.07. The van der Waals surface area contributed by atoms with Gasteiger partial charge in [0.2, 0.25) is 0 Å². The van der Waals surface area contributed by atoms with Crippen molar-refractivity contribution in [1.82, 2.24) is 10.2 Å². The fraction of sp³-hybridized carbons (Fsp3) is 0.342. The van der Waals surface area contributed by atoms with Gasteiger partial charge in [-0.05, 0) is 100 Å². The molecule has 0 aliphatic heterocycles. The molecular formula is C38H45ClN2O4. The zero-order valence-electron chi connectivity index (χ0n) is 26.7. The van der Waals surface area contributed by atoms with Crippen LogP contribution in [0.25, 0.3) is 0 Å². The van der Waals surface area contributed by atoms with Gasteiger partial charge >= 0.3 is 0 Å². The number of carbonyl (C=O) groups excluding carboxylic acids is 1. The lowest BCUT2D eigenvalue weighted by atomic mass is 9.86. The predicted molar refractivity (Wildman–Crippen MR) is 183 cm³/mol. The average molecular weight is 629 g/mol. The lowest BCUT2D eigenvalue weighted by molar-refractivity contribution is 0.0954. The van der Waals surface area contributed by atoms with Crippen molar-refractivity contribution in [3.8, 4) is 17.2 Å². The van der Waals surface area contributed by atoms with E-state index < -0.39 is 0 Å². The van der Waals surface area contributed by atoms with Crippen LogP contribution in [0.1, 0.15) is 72.6 Å². The summed E-state index contributed by atoms with van der Waals surface area (Å²) in [4.78, 5) is 14.9. The monoisotopic (exact) mass is 628 g/mol. The van der Waals surface area contributed by atoms with Crippen LogP contribution in [0.2, 0.25) is 5.02 Å². The Morgan fingerprint density at radius 2 is 1.53 bits per heavy atom.